The topological polar surface area (TPSA) is 58.6 Å². The van der Waals surface area contributed by atoms with Gasteiger partial charge in [-0.15, -0.1) is 0 Å². The van der Waals surface area contributed by atoms with E-state index < -0.39 is 0 Å². The summed E-state index contributed by atoms with van der Waals surface area (Å²) in [4.78, 5) is 29.2. The van der Waals surface area contributed by atoms with Crippen molar-refractivity contribution in [2.75, 3.05) is 19.1 Å². The van der Waals surface area contributed by atoms with E-state index in [2.05, 4.69) is 19.2 Å². The molecule has 1 N–H and O–H groups in total. The Labute approximate surface area is 194 Å². The number of rotatable bonds is 4. The van der Waals surface area contributed by atoms with Gasteiger partial charge in [0.05, 0.1) is 17.7 Å². The number of methoxy groups -OCH3 is 1. The molecule has 2 aliphatic rings. The molecule has 3 atom stereocenters. The molecule has 0 spiro atoms. The lowest BCUT2D eigenvalue weighted by Gasteiger charge is -2.34. The summed E-state index contributed by atoms with van der Waals surface area (Å²) >= 11 is 1.43. The molecule has 32 heavy (non-hydrogen) atoms. The fraction of sp³-hybridized carbons (Fsp3) is 0.385. The van der Waals surface area contributed by atoms with Gasteiger partial charge in [0.1, 0.15) is 5.75 Å². The molecule has 1 fully saturated rings. The van der Waals surface area contributed by atoms with Gasteiger partial charge >= 0.3 is 0 Å². The molecular weight excluding hydrogens is 420 g/mol. The van der Waals surface area contributed by atoms with Gasteiger partial charge in [-0.25, -0.2) is 0 Å². The first kappa shape index (κ1) is 22.5. The number of thioether (sulfide) groups is 1. The highest BCUT2D eigenvalue weighted by Gasteiger charge is 2.30. The van der Waals surface area contributed by atoms with E-state index in [0.29, 0.717) is 22.3 Å². The number of hydrogen-bond donors (Lipinski definition) is 1. The summed E-state index contributed by atoms with van der Waals surface area (Å²) in [6, 6.07) is 13.4. The second-order valence-electron chi connectivity index (χ2n) is 8.78. The van der Waals surface area contributed by atoms with Gasteiger partial charge in [-0.3, -0.25) is 9.59 Å². The van der Waals surface area contributed by atoms with E-state index in [4.69, 9.17) is 4.74 Å². The number of hydrogen-bond acceptors (Lipinski definition) is 4. The van der Waals surface area contributed by atoms with Crippen molar-refractivity contribution in [1.82, 2.24) is 5.32 Å². The Balaban J connectivity index is 1.55. The molecule has 1 saturated carbocycles. The van der Waals surface area contributed by atoms with Crippen LogP contribution in [-0.4, -0.2) is 32.0 Å². The van der Waals surface area contributed by atoms with E-state index in [1.165, 1.54) is 18.2 Å². The van der Waals surface area contributed by atoms with Gasteiger partial charge in [-0.05, 0) is 60.2 Å². The second-order valence-corrected chi connectivity index (χ2v) is 9.86. The van der Waals surface area contributed by atoms with Crippen LogP contribution in [0.5, 0.6) is 5.75 Å². The number of likely N-dealkylation sites (N-methyl/N-ethyl adjacent to an activating group) is 1. The average molecular weight is 451 g/mol. The maximum Gasteiger partial charge on any atom is 0.264 e. The third-order valence-electron chi connectivity index (χ3n) is 6.73. The molecule has 2 aromatic rings. The molecule has 1 heterocycles. The van der Waals surface area contributed by atoms with Gasteiger partial charge in [-0.2, -0.15) is 0 Å². The molecule has 2 aromatic carbocycles. The lowest BCUT2D eigenvalue weighted by Crippen LogP contribution is -2.43. The number of anilines is 1. The van der Waals surface area contributed by atoms with Gasteiger partial charge in [-0.1, -0.05) is 50.6 Å². The molecule has 168 valence electrons. The minimum atomic E-state index is -0.0856. The van der Waals surface area contributed by atoms with Gasteiger partial charge in [0, 0.05) is 23.5 Å². The molecule has 1 aliphatic heterocycles. The Hall–Kier alpha value is -2.73. The lowest BCUT2D eigenvalue weighted by molar-refractivity contribution is -0.114. The number of carbonyl (C=O) groups is 2. The number of nitrogens with zero attached hydrogens (tertiary/aromatic N) is 1. The van der Waals surface area contributed by atoms with E-state index in [1.807, 2.05) is 48.5 Å². The van der Waals surface area contributed by atoms with Crippen molar-refractivity contribution in [2.45, 2.75) is 44.0 Å². The maximum atomic E-state index is 13.0. The third-order valence-corrected chi connectivity index (χ3v) is 7.81. The van der Waals surface area contributed by atoms with Crippen molar-refractivity contribution in [3.8, 4) is 5.75 Å². The zero-order valence-electron chi connectivity index (χ0n) is 19.1. The highest BCUT2D eigenvalue weighted by Crippen LogP contribution is 2.42. The fourth-order valence-electron chi connectivity index (χ4n) is 4.46. The van der Waals surface area contributed by atoms with Crippen molar-refractivity contribution in [1.29, 1.82) is 0 Å². The normalized spacial score (nSPS) is 24.2. The van der Waals surface area contributed by atoms with Crippen molar-refractivity contribution >= 4 is 35.3 Å². The SMILES string of the molecule is COc1cccc(/C=C2\Sc3ccc(C(=O)N[C@@H]4CCC[C@@H](C)[C@H]4C)cc3N(C)C2=O)c1. The van der Waals surface area contributed by atoms with E-state index in [9.17, 15) is 9.59 Å². The lowest BCUT2D eigenvalue weighted by atomic mass is 9.78. The van der Waals surface area contributed by atoms with Crippen molar-refractivity contribution in [2.24, 2.45) is 11.8 Å². The van der Waals surface area contributed by atoms with Crippen LogP contribution >= 0.6 is 11.8 Å². The van der Waals surface area contributed by atoms with Crippen LogP contribution in [-0.2, 0) is 4.79 Å². The van der Waals surface area contributed by atoms with Crippen LogP contribution in [0.25, 0.3) is 6.08 Å². The highest BCUT2D eigenvalue weighted by atomic mass is 32.2. The zero-order chi connectivity index (χ0) is 22.8. The molecule has 5 nitrogen and oxygen atoms in total. The van der Waals surface area contributed by atoms with Crippen molar-refractivity contribution < 1.29 is 14.3 Å². The van der Waals surface area contributed by atoms with Crippen LogP contribution in [0.15, 0.2) is 52.3 Å². The predicted octanol–water partition coefficient (Wildman–Crippen LogP) is 5.36. The number of benzene rings is 2. The molecule has 0 aromatic heterocycles. The first-order valence-electron chi connectivity index (χ1n) is 11.1. The number of amides is 2. The average Bonchev–Trinajstić information content (AvgIpc) is 2.80. The molecule has 2 amide bonds. The summed E-state index contributed by atoms with van der Waals surface area (Å²) < 4.78 is 5.28. The molecule has 6 heteroatoms. The van der Waals surface area contributed by atoms with E-state index in [0.717, 1.165) is 34.7 Å². The third kappa shape index (κ3) is 4.56. The van der Waals surface area contributed by atoms with E-state index >= 15 is 0 Å². The summed E-state index contributed by atoms with van der Waals surface area (Å²) in [6.45, 7) is 4.48. The van der Waals surface area contributed by atoms with Gasteiger partial charge in [0.2, 0.25) is 0 Å². The minimum Gasteiger partial charge on any atom is -0.497 e. The van der Waals surface area contributed by atoms with E-state index in [1.54, 1.807) is 19.1 Å². The number of nitrogens with one attached hydrogen (secondary N) is 1. The predicted molar refractivity (Wildman–Crippen MR) is 130 cm³/mol. The summed E-state index contributed by atoms with van der Waals surface area (Å²) in [5.41, 5.74) is 2.26. The molecule has 4 rings (SSSR count). The van der Waals surface area contributed by atoms with Crippen LogP contribution < -0.4 is 15.0 Å². The first-order chi connectivity index (χ1) is 15.4. The Morgan fingerprint density at radius 2 is 2.00 bits per heavy atom. The number of ether oxygens (including phenoxy) is 1. The van der Waals surface area contributed by atoms with Gasteiger partial charge in [0.25, 0.3) is 11.8 Å². The van der Waals surface area contributed by atoms with Crippen LogP contribution in [0.2, 0.25) is 0 Å². The van der Waals surface area contributed by atoms with Crippen LogP contribution in [0.1, 0.15) is 49.0 Å². The van der Waals surface area contributed by atoms with Crippen LogP contribution in [0.3, 0.4) is 0 Å². The summed E-state index contributed by atoms with van der Waals surface area (Å²) in [5.74, 6) is 1.68. The van der Waals surface area contributed by atoms with Crippen molar-refractivity contribution in [3.63, 3.8) is 0 Å². The summed E-state index contributed by atoms with van der Waals surface area (Å²) in [7, 11) is 3.38. The smallest absolute Gasteiger partial charge is 0.264 e. The van der Waals surface area contributed by atoms with Gasteiger partial charge < -0.3 is 15.0 Å². The Kier molecular flexibility index (Phi) is 6.60. The van der Waals surface area contributed by atoms with Crippen LogP contribution in [0.4, 0.5) is 5.69 Å². The molecule has 0 unspecified atom stereocenters. The quantitative estimate of drug-likeness (QED) is 0.637. The first-order valence-corrected chi connectivity index (χ1v) is 12.0. The molecule has 1 aliphatic carbocycles. The Morgan fingerprint density at radius 1 is 1.19 bits per heavy atom. The number of fused-ring (bicyclic) bond motifs is 1. The van der Waals surface area contributed by atoms with E-state index in [-0.39, 0.29) is 17.9 Å². The molecule has 0 radical (unpaired) electrons. The zero-order valence-corrected chi connectivity index (χ0v) is 19.9. The molecule has 0 saturated heterocycles. The van der Waals surface area contributed by atoms with Crippen LogP contribution in [0, 0.1) is 11.8 Å². The summed E-state index contributed by atoms with van der Waals surface area (Å²) in [5, 5.41) is 3.23. The maximum absolute atomic E-state index is 13.0. The van der Waals surface area contributed by atoms with Gasteiger partial charge in [0.15, 0.2) is 0 Å². The Bertz CT molecular complexity index is 1060. The van der Waals surface area contributed by atoms with Crippen molar-refractivity contribution in [3.05, 3.63) is 58.5 Å². The monoisotopic (exact) mass is 450 g/mol. The Morgan fingerprint density at radius 3 is 2.78 bits per heavy atom. The minimum absolute atomic E-state index is 0.0673. The molecular formula is C26H30N2O3S. The standard InChI is InChI=1S/C26H30N2O3S/c1-16-7-5-10-21(17(16)2)27-25(29)19-11-12-23-22(15-19)28(3)26(30)24(32-23)14-18-8-6-9-20(13-18)31-4/h6,8-9,11-17,21H,5,7,10H2,1-4H3,(H,27,29)/b24-14-/t16-,17-,21-/m1/s1. The second kappa shape index (κ2) is 9.41. The molecule has 0 bridgehead atoms. The highest BCUT2D eigenvalue weighted by molar-refractivity contribution is 8.04. The number of carbonyl (C=O) groups excluding carboxylic acids is 2. The largest absolute Gasteiger partial charge is 0.497 e. The summed E-state index contributed by atoms with van der Waals surface area (Å²) in [6.07, 6.45) is 5.27. The fourth-order valence-corrected chi connectivity index (χ4v) is 5.55.